The van der Waals surface area contributed by atoms with Crippen LogP contribution in [0.4, 0.5) is 13.2 Å². The van der Waals surface area contributed by atoms with Gasteiger partial charge in [-0.3, -0.25) is 0 Å². The van der Waals surface area contributed by atoms with E-state index in [-0.39, 0.29) is 11.3 Å². The molecule has 96 valence electrons. The monoisotopic (exact) mass is 247 g/mol. The Morgan fingerprint density at radius 1 is 1.35 bits per heavy atom. The van der Waals surface area contributed by atoms with E-state index in [1.165, 1.54) is 25.3 Å². The zero-order valence-corrected chi connectivity index (χ0v) is 9.84. The molecule has 0 spiro atoms. The van der Waals surface area contributed by atoms with Crippen LogP contribution >= 0.6 is 0 Å². The summed E-state index contributed by atoms with van der Waals surface area (Å²) in [5.41, 5.74) is -0.0622. The number of alkyl halides is 2. The van der Waals surface area contributed by atoms with Gasteiger partial charge in [0.15, 0.2) is 11.6 Å². The summed E-state index contributed by atoms with van der Waals surface area (Å²) in [6.45, 7) is 2.27. The molecule has 1 aromatic rings. The highest BCUT2D eigenvalue weighted by molar-refractivity contribution is 5.33. The number of hydrogen-bond donors (Lipinski definition) is 1. The lowest BCUT2D eigenvalue weighted by Crippen LogP contribution is -2.28. The maximum Gasteiger partial charge on any atom is 0.257 e. The van der Waals surface area contributed by atoms with Crippen molar-refractivity contribution in [1.82, 2.24) is 5.32 Å². The van der Waals surface area contributed by atoms with E-state index in [4.69, 9.17) is 4.74 Å². The smallest absolute Gasteiger partial charge is 0.257 e. The van der Waals surface area contributed by atoms with Crippen LogP contribution in [-0.2, 0) is 0 Å². The fraction of sp³-hybridized carbons (Fsp3) is 0.500. The summed E-state index contributed by atoms with van der Waals surface area (Å²) in [7, 11) is 1.30. The molecule has 1 atom stereocenters. The van der Waals surface area contributed by atoms with Gasteiger partial charge in [0.25, 0.3) is 6.43 Å². The average Bonchev–Trinajstić information content (AvgIpc) is 2.31. The van der Waals surface area contributed by atoms with Crippen molar-refractivity contribution in [2.24, 2.45) is 0 Å². The number of hydrogen-bond acceptors (Lipinski definition) is 2. The molecule has 1 rings (SSSR count). The zero-order valence-electron chi connectivity index (χ0n) is 9.84. The molecule has 1 unspecified atom stereocenters. The minimum atomic E-state index is -2.66. The zero-order chi connectivity index (χ0) is 12.8. The van der Waals surface area contributed by atoms with Gasteiger partial charge in [0.1, 0.15) is 0 Å². The first-order valence-corrected chi connectivity index (χ1v) is 5.45. The van der Waals surface area contributed by atoms with Crippen molar-refractivity contribution in [3.05, 3.63) is 29.6 Å². The molecule has 5 heteroatoms. The molecule has 0 saturated heterocycles. The second-order valence-corrected chi connectivity index (χ2v) is 3.63. The van der Waals surface area contributed by atoms with Crippen LogP contribution in [0.15, 0.2) is 18.2 Å². The molecule has 0 aliphatic heterocycles. The molecule has 0 aromatic heterocycles. The first-order valence-electron chi connectivity index (χ1n) is 5.45. The van der Waals surface area contributed by atoms with E-state index in [1.54, 1.807) is 0 Å². The van der Waals surface area contributed by atoms with Crippen LogP contribution in [0.25, 0.3) is 0 Å². The first-order chi connectivity index (χ1) is 8.11. The highest BCUT2D eigenvalue weighted by atomic mass is 19.3. The van der Waals surface area contributed by atoms with Crippen molar-refractivity contribution >= 4 is 0 Å². The Hall–Kier alpha value is -1.23. The van der Waals surface area contributed by atoms with E-state index in [9.17, 15) is 13.2 Å². The molecule has 0 aliphatic rings. The van der Waals surface area contributed by atoms with Gasteiger partial charge in [-0.15, -0.1) is 0 Å². The SMILES string of the molecule is CCCNC(c1cccc(OC)c1F)C(F)F. The molecule has 0 radical (unpaired) electrons. The van der Waals surface area contributed by atoms with Gasteiger partial charge in [-0.05, 0) is 19.0 Å². The third-order valence-electron chi connectivity index (χ3n) is 2.41. The Labute approximate surface area is 98.8 Å². The number of benzene rings is 1. The second-order valence-electron chi connectivity index (χ2n) is 3.63. The van der Waals surface area contributed by atoms with E-state index >= 15 is 0 Å². The normalized spacial score (nSPS) is 12.8. The van der Waals surface area contributed by atoms with Gasteiger partial charge in [-0.1, -0.05) is 19.1 Å². The number of ether oxygens (including phenoxy) is 1. The Morgan fingerprint density at radius 2 is 2.06 bits per heavy atom. The van der Waals surface area contributed by atoms with Crippen molar-refractivity contribution in [1.29, 1.82) is 0 Å². The minimum absolute atomic E-state index is 0.0218. The molecule has 2 nitrogen and oxygen atoms in total. The van der Waals surface area contributed by atoms with Gasteiger partial charge < -0.3 is 10.1 Å². The Bertz CT molecular complexity index is 358. The predicted octanol–water partition coefficient (Wildman–Crippen LogP) is 3.14. The van der Waals surface area contributed by atoms with Crippen LogP contribution in [0.1, 0.15) is 24.9 Å². The summed E-state index contributed by atoms with van der Waals surface area (Å²) in [5, 5.41) is 2.63. The summed E-state index contributed by atoms with van der Waals surface area (Å²) in [5.74, 6) is -0.754. The number of nitrogens with one attached hydrogen (secondary N) is 1. The summed E-state index contributed by atoms with van der Waals surface area (Å²) in [6.07, 6.45) is -1.96. The largest absolute Gasteiger partial charge is 0.494 e. The number of halogens is 3. The molecule has 0 amide bonds. The van der Waals surface area contributed by atoms with Gasteiger partial charge in [0.05, 0.1) is 13.2 Å². The molecular formula is C12H16F3NO. The number of rotatable bonds is 6. The van der Waals surface area contributed by atoms with Crippen molar-refractivity contribution in [3.63, 3.8) is 0 Å². The predicted molar refractivity (Wildman–Crippen MR) is 60.0 cm³/mol. The van der Waals surface area contributed by atoms with E-state index in [1.807, 2.05) is 6.92 Å². The number of methoxy groups -OCH3 is 1. The first kappa shape index (κ1) is 13.8. The molecule has 0 fully saturated rings. The second kappa shape index (κ2) is 6.49. The van der Waals surface area contributed by atoms with Crippen molar-refractivity contribution < 1.29 is 17.9 Å². The topological polar surface area (TPSA) is 21.3 Å². The average molecular weight is 247 g/mol. The lowest BCUT2D eigenvalue weighted by atomic mass is 10.1. The fourth-order valence-electron chi connectivity index (χ4n) is 1.56. The van der Waals surface area contributed by atoms with Crippen LogP contribution in [0.3, 0.4) is 0 Å². The van der Waals surface area contributed by atoms with E-state index in [0.717, 1.165) is 0 Å². The van der Waals surface area contributed by atoms with E-state index < -0.39 is 18.3 Å². The van der Waals surface area contributed by atoms with Crippen LogP contribution in [0, 0.1) is 5.82 Å². The summed E-state index contributed by atoms with van der Waals surface area (Å²) in [6, 6.07) is 2.95. The highest BCUT2D eigenvalue weighted by Gasteiger charge is 2.25. The lowest BCUT2D eigenvalue weighted by Gasteiger charge is -2.19. The molecule has 0 aliphatic carbocycles. The maximum atomic E-state index is 13.8. The molecule has 1 aromatic carbocycles. The van der Waals surface area contributed by atoms with Crippen LogP contribution in [0.5, 0.6) is 5.75 Å². The summed E-state index contributed by atoms with van der Waals surface area (Å²) in [4.78, 5) is 0. The van der Waals surface area contributed by atoms with Crippen molar-refractivity contribution in [2.75, 3.05) is 13.7 Å². The van der Waals surface area contributed by atoms with Crippen molar-refractivity contribution in [2.45, 2.75) is 25.8 Å². The van der Waals surface area contributed by atoms with Gasteiger partial charge in [0, 0.05) is 5.56 Å². The third-order valence-corrected chi connectivity index (χ3v) is 2.41. The third kappa shape index (κ3) is 3.36. The van der Waals surface area contributed by atoms with Crippen molar-refractivity contribution in [3.8, 4) is 5.75 Å². The summed E-state index contributed by atoms with van der Waals surface area (Å²) < 4.78 is 44.3. The maximum absolute atomic E-state index is 13.8. The van der Waals surface area contributed by atoms with Crippen LogP contribution in [-0.4, -0.2) is 20.1 Å². The molecule has 1 N–H and O–H groups in total. The quantitative estimate of drug-likeness (QED) is 0.833. The Balaban J connectivity index is 3.01. The van der Waals surface area contributed by atoms with Crippen LogP contribution < -0.4 is 10.1 Å². The van der Waals surface area contributed by atoms with E-state index in [0.29, 0.717) is 13.0 Å². The lowest BCUT2D eigenvalue weighted by molar-refractivity contribution is 0.0965. The van der Waals surface area contributed by atoms with Gasteiger partial charge in [0.2, 0.25) is 0 Å². The molecule has 0 saturated carbocycles. The van der Waals surface area contributed by atoms with E-state index in [2.05, 4.69) is 5.32 Å². The Kier molecular flexibility index (Phi) is 5.28. The molecular weight excluding hydrogens is 231 g/mol. The molecule has 17 heavy (non-hydrogen) atoms. The fourth-order valence-corrected chi connectivity index (χ4v) is 1.56. The molecule has 0 heterocycles. The van der Waals surface area contributed by atoms with Gasteiger partial charge in [-0.25, -0.2) is 13.2 Å². The van der Waals surface area contributed by atoms with Gasteiger partial charge >= 0.3 is 0 Å². The van der Waals surface area contributed by atoms with Crippen LogP contribution in [0.2, 0.25) is 0 Å². The minimum Gasteiger partial charge on any atom is -0.494 e. The summed E-state index contributed by atoms with van der Waals surface area (Å²) >= 11 is 0. The highest BCUT2D eigenvalue weighted by Crippen LogP contribution is 2.28. The molecule has 0 bridgehead atoms. The standard InChI is InChI=1S/C12H16F3NO/c1-3-7-16-11(12(14)15)8-5-4-6-9(17-2)10(8)13/h4-6,11-12,16H,3,7H2,1-2H3. The van der Waals surface area contributed by atoms with Gasteiger partial charge in [-0.2, -0.15) is 0 Å². The Morgan fingerprint density at radius 3 is 2.59 bits per heavy atom.